The average Bonchev–Trinajstić information content (AvgIpc) is 2.71. The van der Waals surface area contributed by atoms with E-state index in [1.165, 1.54) is 10.5 Å². The first-order chi connectivity index (χ1) is 8.98. The Labute approximate surface area is 121 Å². The normalized spacial score (nSPS) is 21.4. The molecule has 2 nitrogen and oxygen atoms in total. The summed E-state index contributed by atoms with van der Waals surface area (Å²) in [7, 11) is 0. The van der Waals surface area contributed by atoms with Gasteiger partial charge in [-0.15, -0.1) is 11.8 Å². The van der Waals surface area contributed by atoms with Crippen molar-refractivity contribution in [2.45, 2.75) is 43.6 Å². The Morgan fingerprint density at radius 3 is 2.89 bits per heavy atom. The molecule has 3 heteroatoms. The summed E-state index contributed by atoms with van der Waals surface area (Å²) in [5.41, 5.74) is 0.864. The minimum atomic E-state index is -0.598. The van der Waals surface area contributed by atoms with E-state index < -0.39 is 5.60 Å². The van der Waals surface area contributed by atoms with Crippen LogP contribution in [0.2, 0.25) is 0 Å². The lowest BCUT2D eigenvalue weighted by molar-refractivity contribution is 0.0385. The van der Waals surface area contributed by atoms with Crippen molar-refractivity contribution in [3.05, 3.63) is 29.8 Å². The van der Waals surface area contributed by atoms with E-state index in [0.29, 0.717) is 18.4 Å². The second-order valence-corrected chi connectivity index (χ2v) is 7.33. The molecular formula is C16H25NOS. The van der Waals surface area contributed by atoms with E-state index in [0.717, 1.165) is 18.7 Å². The van der Waals surface area contributed by atoms with Crippen LogP contribution in [-0.2, 0) is 0 Å². The fraction of sp³-hybridized carbons (Fsp3) is 0.625. The van der Waals surface area contributed by atoms with Crippen molar-refractivity contribution in [3.8, 4) is 0 Å². The molecule has 1 aliphatic rings. The fourth-order valence-electron chi connectivity index (χ4n) is 2.87. The summed E-state index contributed by atoms with van der Waals surface area (Å²) in [6.45, 7) is 7.86. The summed E-state index contributed by atoms with van der Waals surface area (Å²) in [5, 5.41) is 13.7. The number of fused-ring (bicyclic) bond motifs is 1. The Morgan fingerprint density at radius 1 is 1.42 bits per heavy atom. The maximum Gasteiger partial charge on any atom is 0.0746 e. The molecule has 1 aromatic rings. The zero-order valence-corrected chi connectivity index (χ0v) is 13.0. The first kappa shape index (κ1) is 14.9. The van der Waals surface area contributed by atoms with Crippen LogP contribution in [0.1, 0.15) is 38.7 Å². The molecule has 1 aromatic carbocycles. The van der Waals surface area contributed by atoms with Crippen LogP contribution in [0, 0.1) is 5.92 Å². The lowest BCUT2D eigenvalue weighted by Crippen LogP contribution is -2.40. The Kier molecular flexibility index (Phi) is 4.93. The van der Waals surface area contributed by atoms with Gasteiger partial charge in [-0.1, -0.05) is 32.0 Å². The molecule has 2 atom stereocenters. The maximum absolute atomic E-state index is 10.3. The molecule has 0 aliphatic carbocycles. The van der Waals surface area contributed by atoms with Gasteiger partial charge >= 0.3 is 0 Å². The molecule has 1 heterocycles. The van der Waals surface area contributed by atoms with Crippen LogP contribution in [0.4, 0.5) is 0 Å². The van der Waals surface area contributed by atoms with Crippen LogP contribution in [-0.4, -0.2) is 29.5 Å². The molecule has 2 N–H and O–H groups in total. The van der Waals surface area contributed by atoms with Crippen LogP contribution in [0.3, 0.4) is 0 Å². The molecule has 19 heavy (non-hydrogen) atoms. The van der Waals surface area contributed by atoms with Gasteiger partial charge in [0.15, 0.2) is 0 Å². The first-order valence-corrected chi connectivity index (χ1v) is 8.11. The Hall–Kier alpha value is -0.510. The Balaban J connectivity index is 1.81. The molecule has 2 unspecified atom stereocenters. The lowest BCUT2D eigenvalue weighted by atomic mass is 9.94. The van der Waals surface area contributed by atoms with Gasteiger partial charge in [-0.05, 0) is 30.9 Å². The Morgan fingerprint density at radius 2 is 2.16 bits per heavy atom. The third-order valence-electron chi connectivity index (χ3n) is 3.54. The van der Waals surface area contributed by atoms with Crippen molar-refractivity contribution >= 4 is 11.8 Å². The largest absolute Gasteiger partial charge is 0.389 e. The molecular weight excluding hydrogens is 254 g/mol. The number of nitrogens with one attached hydrogen (secondary N) is 1. The van der Waals surface area contributed by atoms with Gasteiger partial charge in [0, 0.05) is 29.7 Å². The van der Waals surface area contributed by atoms with Crippen LogP contribution < -0.4 is 5.32 Å². The number of hydrogen-bond acceptors (Lipinski definition) is 3. The first-order valence-electron chi connectivity index (χ1n) is 7.13. The molecule has 0 radical (unpaired) electrons. The summed E-state index contributed by atoms with van der Waals surface area (Å²) < 4.78 is 0. The van der Waals surface area contributed by atoms with Crippen molar-refractivity contribution in [1.29, 1.82) is 0 Å². The molecule has 0 bridgehead atoms. The zero-order chi connectivity index (χ0) is 13.9. The van der Waals surface area contributed by atoms with Gasteiger partial charge in [0.05, 0.1) is 5.60 Å². The van der Waals surface area contributed by atoms with Gasteiger partial charge in [-0.25, -0.2) is 0 Å². The molecule has 2 rings (SSSR count). The molecule has 0 saturated carbocycles. The lowest BCUT2D eigenvalue weighted by Gasteiger charge is -2.26. The van der Waals surface area contributed by atoms with E-state index in [4.69, 9.17) is 0 Å². The van der Waals surface area contributed by atoms with Crippen molar-refractivity contribution < 1.29 is 5.11 Å². The smallest absolute Gasteiger partial charge is 0.0746 e. The monoisotopic (exact) mass is 279 g/mol. The van der Waals surface area contributed by atoms with Crippen LogP contribution >= 0.6 is 11.8 Å². The number of hydrogen-bond donors (Lipinski definition) is 2. The van der Waals surface area contributed by atoms with Crippen molar-refractivity contribution in [1.82, 2.24) is 5.32 Å². The minimum Gasteiger partial charge on any atom is -0.389 e. The standard InChI is InChI=1S/C16H25NOS/c1-12(2)8-16(3,18)11-17-9-13-10-19-15-7-5-4-6-14(13)15/h4-7,12-13,17-18H,8-11H2,1-3H3. The quantitative estimate of drug-likeness (QED) is 0.838. The molecule has 0 aromatic heterocycles. The van der Waals surface area contributed by atoms with Gasteiger partial charge < -0.3 is 10.4 Å². The third-order valence-corrected chi connectivity index (χ3v) is 4.80. The van der Waals surface area contributed by atoms with Crippen molar-refractivity contribution in [3.63, 3.8) is 0 Å². The number of thioether (sulfide) groups is 1. The second kappa shape index (κ2) is 6.29. The summed E-state index contributed by atoms with van der Waals surface area (Å²) >= 11 is 1.94. The average molecular weight is 279 g/mol. The van der Waals surface area contributed by atoms with E-state index in [1.807, 2.05) is 18.7 Å². The molecule has 0 amide bonds. The van der Waals surface area contributed by atoms with E-state index in [-0.39, 0.29) is 0 Å². The molecule has 0 spiro atoms. The van der Waals surface area contributed by atoms with Gasteiger partial charge in [0.1, 0.15) is 0 Å². The minimum absolute atomic E-state index is 0.527. The topological polar surface area (TPSA) is 32.3 Å². The predicted molar refractivity (Wildman–Crippen MR) is 82.9 cm³/mol. The van der Waals surface area contributed by atoms with Crippen LogP contribution in [0.15, 0.2) is 29.2 Å². The molecule has 0 saturated heterocycles. The summed E-state index contributed by atoms with van der Waals surface area (Å²) in [5.74, 6) is 2.26. The van der Waals surface area contributed by atoms with Crippen molar-refractivity contribution in [2.75, 3.05) is 18.8 Å². The van der Waals surface area contributed by atoms with Gasteiger partial charge in [0.2, 0.25) is 0 Å². The van der Waals surface area contributed by atoms with Crippen LogP contribution in [0.5, 0.6) is 0 Å². The highest BCUT2D eigenvalue weighted by Crippen LogP contribution is 2.38. The highest BCUT2D eigenvalue weighted by Gasteiger charge is 2.25. The SMILES string of the molecule is CC(C)CC(C)(O)CNCC1CSc2ccccc21. The number of benzene rings is 1. The third kappa shape index (κ3) is 4.23. The van der Waals surface area contributed by atoms with Crippen molar-refractivity contribution in [2.24, 2.45) is 5.92 Å². The van der Waals surface area contributed by atoms with E-state index in [1.54, 1.807) is 0 Å². The molecule has 106 valence electrons. The van der Waals surface area contributed by atoms with Gasteiger partial charge in [-0.3, -0.25) is 0 Å². The summed E-state index contributed by atoms with van der Waals surface area (Å²) in [6.07, 6.45) is 0.843. The zero-order valence-electron chi connectivity index (χ0n) is 12.1. The molecule has 0 fully saturated rings. The highest BCUT2D eigenvalue weighted by atomic mass is 32.2. The van der Waals surface area contributed by atoms with E-state index in [9.17, 15) is 5.11 Å². The van der Waals surface area contributed by atoms with Crippen LogP contribution in [0.25, 0.3) is 0 Å². The summed E-state index contributed by atoms with van der Waals surface area (Å²) in [4.78, 5) is 1.42. The van der Waals surface area contributed by atoms with Gasteiger partial charge in [0.25, 0.3) is 0 Å². The van der Waals surface area contributed by atoms with E-state index >= 15 is 0 Å². The fourth-order valence-corrected chi connectivity index (χ4v) is 4.12. The highest BCUT2D eigenvalue weighted by molar-refractivity contribution is 7.99. The number of rotatable bonds is 6. The van der Waals surface area contributed by atoms with Gasteiger partial charge in [-0.2, -0.15) is 0 Å². The Bertz CT molecular complexity index is 417. The number of aliphatic hydroxyl groups is 1. The second-order valence-electron chi connectivity index (χ2n) is 6.27. The maximum atomic E-state index is 10.3. The summed E-state index contributed by atoms with van der Waals surface area (Å²) in [6, 6.07) is 8.66. The molecule has 1 aliphatic heterocycles. The van der Waals surface area contributed by atoms with E-state index in [2.05, 4.69) is 43.4 Å². The predicted octanol–water partition coefficient (Wildman–Crippen LogP) is 3.26.